The monoisotopic (exact) mass is 213 g/mol. The average molecular weight is 214 g/mol. The molecule has 2 nitrogen and oxygen atoms in total. The lowest BCUT2D eigenvalue weighted by Crippen LogP contribution is -2.18. The second kappa shape index (κ2) is 4.30. The fraction of sp³-hybridized carbons (Fsp3) is 0.455. The third-order valence-corrected chi connectivity index (χ3v) is 2.54. The quantitative estimate of drug-likeness (QED) is 0.740. The van der Waals surface area contributed by atoms with E-state index in [0.29, 0.717) is 11.6 Å². The SMILES string of the molecule is CC(C)(C)c1cccc(Cl)c1CNO. The molecule has 0 heterocycles. The zero-order chi connectivity index (χ0) is 10.8. The molecule has 3 heteroatoms. The molecule has 0 aliphatic rings. The predicted octanol–water partition coefficient (Wildman–Crippen LogP) is 3.12. The van der Waals surface area contributed by atoms with Crippen LogP contribution < -0.4 is 5.48 Å². The van der Waals surface area contributed by atoms with Gasteiger partial charge in [-0.2, -0.15) is 0 Å². The molecule has 14 heavy (non-hydrogen) atoms. The van der Waals surface area contributed by atoms with E-state index in [4.69, 9.17) is 16.8 Å². The van der Waals surface area contributed by atoms with Crippen LogP contribution in [-0.4, -0.2) is 5.21 Å². The summed E-state index contributed by atoms with van der Waals surface area (Å²) in [5, 5.41) is 9.42. The van der Waals surface area contributed by atoms with Gasteiger partial charge in [0.15, 0.2) is 0 Å². The zero-order valence-corrected chi connectivity index (χ0v) is 9.52. The van der Waals surface area contributed by atoms with E-state index >= 15 is 0 Å². The molecule has 0 spiro atoms. The number of nitrogens with one attached hydrogen (secondary N) is 1. The summed E-state index contributed by atoms with van der Waals surface area (Å²) in [6.07, 6.45) is 0. The topological polar surface area (TPSA) is 32.3 Å². The molecular weight excluding hydrogens is 198 g/mol. The molecule has 2 N–H and O–H groups in total. The summed E-state index contributed by atoms with van der Waals surface area (Å²) in [7, 11) is 0. The van der Waals surface area contributed by atoms with Gasteiger partial charge in [-0.15, -0.1) is 0 Å². The summed E-state index contributed by atoms with van der Waals surface area (Å²) in [4.78, 5) is 0. The van der Waals surface area contributed by atoms with E-state index in [2.05, 4.69) is 26.3 Å². The van der Waals surface area contributed by atoms with E-state index in [1.807, 2.05) is 18.2 Å². The molecule has 1 rings (SSSR count). The van der Waals surface area contributed by atoms with Crippen molar-refractivity contribution >= 4 is 11.6 Å². The predicted molar refractivity (Wildman–Crippen MR) is 58.8 cm³/mol. The third-order valence-electron chi connectivity index (χ3n) is 2.18. The molecule has 0 aliphatic heterocycles. The summed E-state index contributed by atoms with van der Waals surface area (Å²) in [5.74, 6) is 0. The summed E-state index contributed by atoms with van der Waals surface area (Å²) >= 11 is 6.06. The Labute approximate surface area is 89.9 Å². The van der Waals surface area contributed by atoms with Crippen LogP contribution in [0.25, 0.3) is 0 Å². The smallest absolute Gasteiger partial charge is 0.0475 e. The second-order valence-electron chi connectivity index (χ2n) is 4.35. The van der Waals surface area contributed by atoms with Gasteiger partial charge in [-0.3, -0.25) is 0 Å². The maximum Gasteiger partial charge on any atom is 0.0475 e. The summed E-state index contributed by atoms with van der Waals surface area (Å²) in [6.45, 7) is 6.75. The molecule has 0 fully saturated rings. The Morgan fingerprint density at radius 2 is 2.00 bits per heavy atom. The normalized spacial score (nSPS) is 11.8. The number of rotatable bonds is 2. The Kier molecular flexibility index (Phi) is 3.53. The third kappa shape index (κ3) is 2.47. The first-order valence-electron chi connectivity index (χ1n) is 4.61. The van der Waals surface area contributed by atoms with Crippen LogP contribution in [-0.2, 0) is 12.0 Å². The molecule has 78 valence electrons. The van der Waals surface area contributed by atoms with E-state index in [9.17, 15) is 0 Å². The number of halogens is 1. The van der Waals surface area contributed by atoms with E-state index in [1.54, 1.807) is 0 Å². The van der Waals surface area contributed by atoms with Crippen LogP contribution in [0.1, 0.15) is 31.9 Å². The van der Waals surface area contributed by atoms with Crippen molar-refractivity contribution in [2.75, 3.05) is 0 Å². The lowest BCUT2D eigenvalue weighted by molar-refractivity contribution is 0.160. The van der Waals surface area contributed by atoms with E-state index in [1.165, 1.54) is 0 Å². The second-order valence-corrected chi connectivity index (χ2v) is 4.76. The van der Waals surface area contributed by atoms with Crippen LogP contribution in [0.5, 0.6) is 0 Å². The molecule has 0 unspecified atom stereocenters. The molecule has 0 saturated heterocycles. The highest BCUT2D eigenvalue weighted by molar-refractivity contribution is 6.31. The number of hydroxylamine groups is 1. The van der Waals surface area contributed by atoms with E-state index in [-0.39, 0.29) is 5.41 Å². The number of benzene rings is 1. The van der Waals surface area contributed by atoms with Gasteiger partial charge in [0.1, 0.15) is 0 Å². The molecule has 0 amide bonds. The van der Waals surface area contributed by atoms with Gasteiger partial charge in [0, 0.05) is 11.6 Å². The highest BCUT2D eigenvalue weighted by atomic mass is 35.5. The number of hydrogen-bond donors (Lipinski definition) is 2. The van der Waals surface area contributed by atoms with Crippen molar-refractivity contribution in [1.82, 2.24) is 5.48 Å². The van der Waals surface area contributed by atoms with Crippen LogP contribution in [0.3, 0.4) is 0 Å². The Balaban J connectivity index is 3.21. The highest BCUT2D eigenvalue weighted by Crippen LogP contribution is 2.30. The van der Waals surface area contributed by atoms with Gasteiger partial charge < -0.3 is 5.21 Å². The Morgan fingerprint density at radius 3 is 2.50 bits per heavy atom. The Bertz CT molecular complexity index is 318. The first-order valence-corrected chi connectivity index (χ1v) is 4.99. The number of hydrogen-bond acceptors (Lipinski definition) is 2. The molecule has 0 aromatic heterocycles. The molecule has 1 aromatic rings. The largest absolute Gasteiger partial charge is 0.316 e. The summed E-state index contributed by atoms with van der Waals surface area (Å²) in [5.41, 5.74) is 4.31. The Hall–Kier alpha value is -0.570. The minimum atomic E-state index is 0.0388. The fourth-order valence-corrected chi connectivity index (χ4v) is 1.76. The van der Waals surface area contributed by atoms with Gasteiger partial charge in [-0.25, -0.2) is 5.48 Å². The molecule has 0 radical (unpaired) electrons. The van der Waals surface area contributed by atoms with Crippen molar-refractivity contribution in [3.05, 3.63) is 34.3 Å². The lowest BCUT2D eigenvalue weighted by atomic mass is 9.84. The van der Waals surface area contributed by atoms with Crippen LogP contribution >= 0.6 is 11.6 Å². The molecule has 1 aromatic carbocycles. The van der Waals surface area contributed by atoms with Crippen LogP contribution in [0.2, 0.25) is 5.02 Å². The van der Waals surface area contributed by atoms with Crippen molar-refractivity contribution < 1.29 is 5.21 Å². The van der Waals surface area contributed by atoms with Gasteiger partial charge in [0.25, 0.3) is 0 Å². The molecule has 0 aliphatic carbocycles. The van der Waals surface area contributed by atoms with Gasteiger partial charge in [0.05, 0.1) is 0 Å². The van der Waals surface area contributed by atoms with E-state index < -0.39 is 0 Å². The summed E-state index contributed by atoms with van der Waals surface area (Å²) < 4.78 is 0. The molecular formula is C11H16ClNO. The van der Waals surface area contributed by atoms with Gasteiger partial charge in [-0.1, -0.05) is 44.5 Å². The fourth-order valence-electron chi connectivity index (χ4n) is 1.52. The first-order chi connectivity index (χ1) is 6.46. The Morgan fingerprint density at radius 1 is 1.36 bits per heavy atom. The maximum absolute atomic E-state index is 8.73. The molecule has 0 bridgehead atoms. The van der Waals surface area contributed by atoms with E-state index in [0.717, 1.165) is 11.1 Å². The van der Waals surface area contributed by atoms with Crippen molar-refractivity contribution in [3.63, 3.8) is 0 Å². The van der Waals surface area contributed by atoms with Gasteiger partial charge >= 0.3 is 0 Å². The zero-order valence-electron chi connectivity index (χ0n) is 8.76. The molecule has 0 atom stereocenters. The van der Waals surface area contributed by atoms with Crippen molar-refractivity contribution in [1.29, 1.82) is 0 Å². The lowest BCUT2D eigenvalue weighted by Gasteiger charge is -2.23. The highest BCUT2D eigenvalue weighted by Gasteiger charge is 2.18. The summed E-state index contributed by atoms with van der Waals surface area (Å²) in [6, 6.07) is 5.81. The minimum absolute atomic E-state index is 0.0388. The van der Waals surface area contributed by atoms with Crippen molar-refractivity contribution in [3.8, 4) is 0 Å². The van der Waals surface area contributed by atoms with Crippen molar-refractivity contribution in [2.24, 2.45) is 0 Å². The van der Waals surface area contributed by atoms with Crippen LogP contribution in [0.15, 0.2) is 18.2 Å². The standard InChI is InChI=1S/C11H16ClNO/c1-11(2,3)9-5-4-6-10(12)8(9)7-13-14/h4-6,13-14H,7H2,1-3H3. The maximum atomic E-state index is 8.73. The van der Waals surface area contributed by atoms with Crippen LogP contribution in [0.4, 0.5) is 0 Å². The molecule has 0 saturated carbocycles. The van der Waals surface area contributed by atoms with Gasteiger partial charge in [-0.05, 0) is 22.6 Å². The average Bonchev–Trinajstić information content (AvgIpc) is 2.07. The minimum Gasteiger partial charge on any atom is -0.316 e. The first kappa shape index (κ1) is 11.5. The van der Waals surface area contributed by atoms with Gasteiger partial charge in [0.2, 0.25) is 0 Å². The van der Waals surface area contributed by atoms with Crippen LogP contribution in [0, 0.1) is 0 Å². The van der Waals surface area contributed by atoms with Crippen molar-refractivity contribution in [2.45, 2.75) is 32.7 Å².